The molecule has 0 aliphatic carbocycles. The number of amides is 1. The largest absolute Gasteiger partial charge is 0.394 e. The van der Waals surface area contributed by atoms with Gasteiger partial charge >= 0.3 is 0 Å². The number of hydrogen-bond donors (Lipinski definition) is 1. The highest BCUT2D eigenvalue weighted by atomic mass is 32.2. The van der Waals surface area contributed by atoms with E-state index in [0.717, 1.165) is 12.8 Å². The van der Waals surface area contributed by atoms with E-state index in [1.165, 1.54) is 17.8 Å². The van der Waals surface area contributed by atoms with Crippen molar-refractivity contribution in [3.8, 4) is 0 Å². The van der Waals surface area contributed by atoms with Crippen molar-refractivity contribution in [3.63, 3.8) is 0 Å². The van der Waals surface area contributed by atoms with E-state index in [2.05, 4.69) is 0 Å². The van der Waals surface area contributed by atoms with Crippen LogP contribution in [0.25, 0.3) is 0 Å². The van der Waals surface area contributed by atoms with Gasteiger partial charge in [-0.25, -0.2) is 4.39 Å². The van der Waals surface area contributed by atoms with Crippen LogP contribution in [0, 0.1) is 5.82 Å². The summed E-state index contributed by atoms with van der Waals surface area (Å²) in [6, 6.07) is 6.38. The van der Waals surface area contributed by atoms with Crippen LogP contribution in [0.3, 0.4) is 0 Å². The van der Waals surface area contributed by atoms with Crippen LogP contribution in [0.15, 0.2) is 29.2 Å². The molecule has 1 aliphatic rings. The topological polar surface area (TPSA) is 40.5 Å². The predicted octanol–water partition coefficient (Wildman–Crippen LogP) is 1.90. The zero-order valence-corrected chi connectivity index (χ0v) is 10.8. The number of hydrogen-bond acceptors (Lipinski definition) is 3. The molecule has 0 unspecified atom stereocenters. The van der Waals surface area contributed by atoms with Crippen LogP contribution >= 0.6 is 11.8 Å². The lowest BCUT2D eigenvalue weighted by molar-refractivity contribution is -0.129. The van der Waals surface area contributed by atoms with Gasteiger partial charge in [0.1, 0.15) is 5.82 Å². The van der Waals surface area contributed by atoms with Crippen LogP contribution in [0.2, 0.25) is 0 Å². The van der Waals surface area contributed by atoms with Crippen molar-refractivity contribution in [1.82, 2.24) is 4.90 Å². The van der Waals surface area contributed by atoms with Crippen molar-refractivity contribution < 1.29 is 14.3 Å². The lowest BCUT2D eigenvalue weighted by Crippen LogP contribution is -2.38. The van der Waals surface area contributed by atoms with E-state index in [9.17, 15) is 9.18 Å². The molecule has 1 aromatic carbocycles. The van der Waals surface area contributed by atoms with Gasteiger partial charge in [0.25, 0.3) is 0 Å². The minimum atomic E-state index is -0.296. The maximum atomic E-state index is 13.4. The van der Waals surface area contributed by atoms with Crippen LogP contribution in [-0.2, 0) is 4.79 Å². The zero-order chi connectivity index (χ0) is 13.0. The maximum absolute atomic E-state index is 13.4. The Morgan fingerprint density at radius 3 is 3.00 bits per heavy atom. The Morgan fingerprint density at radius 2 is 2.28 bits per heavy atom. The summed E-state index contributed by atoms with van der Waals surface area (Å²) < 4.78 is 13.4. The summed E-state index contributed by atoms with van der Waals surface area (Å²) in [6.07, 6.45) is 1.79. The Bertz CT molecular complexity index is 427. The number of likely N-dealkylation sites (tertiary alicyclic amines) is 1. The van der Waals surface area contributed by atoms with Gasteiger partial charge in [-0.1, -0.05) is 12.1 Å². The number of nitrogens with zero attached hydrogens (tertiary/aromatic N) is 1. The summed E-state index contributed by atoms with van der Waals surface area (Å²) in [7, 11) is 0. The third kappa shape index (κ3) is 3.03. The molecule has 5 heteroatoms. The highest BCUT2D eigenvalue weighted by Gasteiger charge is 2.27. The molecule has 1 heterocycles. The molecule has 0 bridgehead atoms. The molecular formula is C13H16FNO2S. The van der Waals surface area contributed by atoms with Crippen molar-refractivity contribution in [2.24, 2.45) is 0 Å². The first-order valence-corrected chi connectivity index (χ1v) is 6.98. The van der Waals surface area contributed by atoms with E-state index < -0.39 is 0 Å². The van der Waals surface area contributed by atoms with Gasteiger partial charge in [-0.2, -0.15) is 0 Å². The van der Waals surface area contributed by atoms with Gasteiger partial charge in [0.15, 0.2) is 0 Å². The second-order valence-electron chi connectivity index (χ2n) is 4.28. The third-order valence-corrected chi connectivity index (χ3v) is 4.13. The molecule has 1 N–H and O–H groups in total. The highest BCUT2D eigenvalue weighted by Crippen LogP contribution is 2.23. The fourth-order valence-electron chi connectivity index (χ4n) is 2.14. The molecule has 1 amide bonds. The van der Waals surface area contributed by atoms with Gasteiger partial charge in [-0.15, -0.1) is 11.8 Å². The fourth-order valence-corrected chi connectivity index (χ4v) is 2.96. The Balaban J connectivity index is 1.90. The second-order valence-corrected chi connectivity index (χ2v) is 5.30. The molecule has 1 aliphatic heterocycles. The van der Waals surface area contributed by atoms with Crippen LogP contribution < -0.4 is 0 Å². The number of carbonyl (C=O) groups excluding carboxylic acids is 1. The molecule has 1 aromatic rings. The van der Waals surface area contributed by atoms with Gasteiger partial charge < -0.3 is 10.0 Å². The molecule has 0 spiro atoms. The molecule has 1 fully saturated rings. The molecule has 1 atom stereocenters. The van der Waals surface area contributed by atoms with E-state index in [4.69, 9.17) is 5.11 Å². The third-order valence-electron chi connectivity index (χ3n) is 3.10. The second kappa shape index (κ2) is 6.20. The highest BCUT2D eigenvalue weighted by molar-refractivity contribution is 8.00. The van der Waals surface area contributed by atoms with Gasteiger partial charge in [0.2, 0.25) is 5.91 Å². The van der Waals surface area contributed by atoms with Gasteiger partial charge in [0, 0.05) is 11.4 Å². The Morgan fingerprint density at radius 1 is 1.50 bits per heavy atom. The molecular weight excluding hydrogens is 253 g/mol. The Hall–Kier alpha value is -1.07. The fraction of sp³-hybridized carbons (Fsp3) is 0.462. The van der Waals surface area contributed by atoms with Crippen LogP contribution in [0.1, 0.15) is 12.8 Å². The lowest BCUT2D eigenvalue weighted by atomic mass is 10.2. The number of carbonyl (C=O) groups is 1. The average molecular weight is 269 g/mol. The average Bonchev–Trinajstić information content (AvgIpc) is 2.86. The van der Waals surface area contributed by atoms with E-state index in [-0.39, 0.29) is 30.1 Å². The monoisotopic (exact) mass is 269 g/mol. The minimum absolute atomic E-state index is 0.0100. The number of aliphatic hydroxyl groups is 1. The number of benzene rings is 1. The first-order valence-electron chi connectivity index (χ1n) is 6.00. The SMILES string of the molecule is O=C(CSc1ccccc1F)N1CCC[C@H]1CO. The minimum Gasteiger partial charge on any atom is -0.394 e. The summed E-state index contributed by atoms with van der Waals surface area (Å²) in [5, 5.41) is 9.15. The number of thioether (sulfide) groups is 1. The zero-order valence-electron chi connectivity index (χ0n) is 10.0. The number of aliphatic hydroxyl groups excluding tert-OH is 1. The molecule has 3 nitrogen and oxygen atoms in total. The Labute approximate surface area is 110 Å². The molecule has 1 saturated heterocycles. The Kier molecular flexibility index (Phi) is 4.60. The summed E-state index contributed by atoms with van der Waals surface area (Å²) >= 11 is 1.21. The lowest BCUT2D eigenvalue weighted by Gasteiger charge is -2.22. The van der Waals surface area contributed by atoms with E-state index in [1.807, 2.05) is 0 Å². The van der Waals surface area contributed by atoms with Crippen LogP contribution in [-0.4, -0.2) is 40.9 Å². The van der Waals surface area contributed by atoms with Gasteiger partial charge in [-0.05, 0) is 25.0 Å². The first kappa shape index (κ1) is 13.4. The smallest absolute Gasteiger partial charge is 0.233 e. The first-order chi connectivity index (χ1) is 8.72. The standard InChI is InChI=1S/C13H16FNO2S/c14-11-5-1-2-6-12(11)18-9-13(17)15-7-3-4-10(15)8-16/h1-2,5-6,10,16H,3-4,7-9H2/t10-/m0/s1. The summed E-state index contributed by atoms with van der Waals surface area (Å²) in [6.45, 7) is 0.706. The molecule has 2 rings (SSSR count). The van der Waals surface area contributed by atoms with Crippen molar-refractivity contribution >= 4 is 17.7 Å². The molecule has 0 radical (unpaired) electrons. The van der Waals surface area contributed by atoms with Crippen LogP contribution in [0.4, 0.5) is 4.39 Å². The van der Waals surface area contributed by atoms with Crippen molar-refractivity contribution in [3.05, 3.63) is 30.1 Å². The molecule has 98 valence electrons. The van der Waals surface area contributed by atoms with E-state index in [1.54, 1.807) is 23.1 Å². The van der Waals surface area contributed by atoms with Crippen molar-refractivity contribution in [2.45, 2.75) is 23.8 Å². The summed E-state index contributed by atoms with van der Waals surface area (Å²) in [4.78, 5) is 14.2. The predicted molar refractivity (Wildman–Crippen MR) is 68.9 cm³/mol. The maximum Gasteiger partial charge on any atom is 0.233 e. The number of rotatable bonds is 4. The van der Waals surface area contributed by atoms with E-state index >= 15 is 0 Å². The quantitative estimate of drug-likeness (QED) is 0.849. The molecule has 0 aromatic heterocycles. The van der Waals surface area contributed by atoms with Crippen molar-refractivity contribution in [2.75, 3.05) is 18.9 Å². The molecule has 0 saturated carbocycles. The van der Waals surface area contributed by atoms with Gasteiger partial charge in [0.05, 0.1) is 18.4 Å². The summed E-state index contributed by atoms with van der Waals surface area (Å²) in [5.74, 6) is -0.104. The van der Waals surface area contributed by atoms with Crippen LogP contribution in [0.5, 0.6) is 0 Å². The van der Waals surface area contributed by atoms with E-state index in [0.29, 0.717) is 11.4 Å². The normalized spacial score (nSPS) is 19.2. The van der Waals surface area contributed by atoms with Gasteiger partial charge in [-0.3, -0.25) is 4.79 Å². The molecule has 18 heavy (non-hydrogen) atoms. The number of halogens is 1. The van der Waals surface area contributed by atoms with Crippen molar-refractivity contribution in [1.29, 1.82) is 0 Å². The summed E-state index contributed by atoms with van der Waals surface area (Å²) in [5.41, 5.74) is 0.